The largest absolute Gasteiger partial charge is 0.453 e. The van der Waals surface area contributed by atoms with Crippen LogP contribution in [0.2, 0.25) is 0 Å². The van der Waals surface area contributed by atoms with Crippen LogP contribution in [0.3, 0.4) is 0 Å². The highest BCUT2D eigenvalue weighted by Crippen LogP contribution is 2.37. The molecule has 1 unspecified atom stereocenters. The van der Waals surface area contributed by atoms with Crippen molar-refractivity contribution in [2.45, 2.75) is 31.0 Å². The van der Waals surface area contributed by atoms with E-state index in [1.807, 2.05) is 30.3 Å². The number of benzene rings is 2. The van der Waals surface area contributed by atoms with Crippen molar-refractivity contribution in [3.05, 3.63) is 71.5 Å². The highest BCUT2D eigenvalue weighted by Gasteiger charge is 2.22. The van der Waals surface area contributed by atoms with Gasteiger partial charge in [0.1, 0.15) is 0 Å². The van der Waals surface area contributed by atoms with E-state index in [2.05, 4.69) is 22.2 Å². The number of carbonyl (C=O) groups is 1. The smallest absolute Gasteiger partial charge is 0.331 e. The minimum Gasteiger partial charge on any atom is -0.453 e. The minimum absolute atomic E-state index is 0.0664. The molecule has 1 heterocycles. The summed E-state index contributed by atoms with van der Waals surface area (Å²) in [5.41, 5.74) is 4.78. The molecule has 1 aliphatic carbocycles. The van der Waals surface area contributed by atoms with Gasteiger partial charge in [-0.1, -0.05) is 30.3 Å². The number of rotatable bonds is 4. The molecule has 0 bridgehead atoms. The maximum atomic E-state index is 12.3. The molecular weight excluding hydrogens is 376 g/mol. The van der Waals surface area contributed by atoms with E-state index in [1.165, 1.54) is 29.0 Å². The maximum absolute atomic E-state index is 12.3. The third kappa shape index (κ3) is 3.58. The van der Waals surface area contributed by atoms with Crippen LogP contribution in [0.4, 0.5) is 10.5 Å². The van der Waals surface area contributed by atoms with E-state index in [4.69, 9.17) is 4.42 Å². The van der Waals surface area contributed by atoms with Crippen LogP contribution < -0.4 is 10.0 Å². The van der Waals surface area contributed by atoms with E-state index >= 15 is 0 Å². The quantitative estimate of drug-likeness (QED) is 0.487. The van der Waals surface area contributed by atoms with Crippen molar-refractivity contribution < 1.29 is 18.5 Å². The van der Waals surface area contributed by atoms with Crippen LogP contribution in [-0.4, -0.2) is 15.3 Å². The molecule has 28 heavy (non-hydrogen) atoms. The Kier molecular flexibility index (Phi) is 4.56. The number of hydrogen-bond acceptors (Lipinski definition) is 4. The average Bonchev–Trinajstić information content (AvgIpc) is 3.26. The van der Waals surface area contributed by atoms with Gasteiger partial charge in [0, 0.05) is 17.3 Å². The summed E-state index contributed by atoms with van der Waals surface area (Å²) in [6.07, 6.45) is 2.14. The summed E-state index contributed by atoms with van der Waals surface area (Å²) >= 11 is 0. The average molecular weight is 396 g/mol. The number of anilines is 1. The predicted molar refractivity (Wildman–Crippen MR) is 107 cm³/mol. The summed E-state index contributed by atoms with van der Waals surface area (Å²) in [4.78, 5) is 12.2. The summed E-state index contributed by atoms with van der Waals surface area (Å²) in [7, 11) is -1.87. The van der Waals surface area contributed by atoms with Gasteiger partial charge in [0.25, 0.3) is 0 Å². The van der Waals surface area contributed by atoms with Crippen LogP contribution in [0.5, 0.6) is 0 Å². The van der Waals surface area contributed by atoms with Crippen molar-refractivity contribution in [3.63, 3.8) is 0 Å². The van der Waals surface area contributed by atoms with E-state index in [0.29, 0.717) is 11.3 Å². The van der Waals surface area contributed by atoms with Gasteiger partial charge in [0.05, 0.1) is 11.9 Å². The Morgan fingerprint density at radius 3 is 2.61 bits per heavy atom. The molecule has 2 aromatic carbocycles. The second-order valence-electron chi connectivity index (χ2n) is 7.24. The monoisotopic (exact) mass is 396 g/mol. The van der Waals surface area contributed by atoms with Crippen LogP contribution in [0.25, 0.3) is 11.1 Å². The highest BCUT2D eigenvalue weighted by molar-refractivity contribution is 7.83. The second-order valence-corrected chi connectivity index (χ2v) is 8.39. The van der Waals surface area contributed by atoms with Crippen molar-refractivity contribution >= 4 is 22.7 Å². The summed E-state index contributed by atoms with van der Waals surface area (Å²) in [5, 5.41) is 12.7. The molecule has 0 aliphatic heterocycles. The number of urea groups is 1. The molecule has 0 fully saturated rings. The van der Waals surface area contributed by atoms with Crippen molar-refractivity contribution in [1.29, 1.82) is 0 Å². The minimum atomic E-state index is -1.87. The van der Waals surface area contributed by atoms with Gasteiger partial charge in [-0.05, 0) is 54.7 Å². The normalized spacial score (nSPS) is 13.5. The molecule has 1 atom stereocenters. The predicted octanol–water partition coefficient (Wildman–Crippen LogP) is 3.92. The summed E-state index contributed by atoms with van der Waals surface area (Å²) in [6, 6.07) is 14.8. The van der Waals surface area contributed by atoms with Crippen molar-refractivity contribution in [2.75, 3.05) is 5.32 Å². The van der Waals surface area contributed by atoms with E-state index in [0.717, 1.165) is 12.0 Å². The number of amides is 2. The van der Waals surface area contributed by atoms with E-state index < -0.39 is 22.6 Å². The highest BCUT2D eigenvalue weighted by atomic mass is 32.2. The topological polar surface area (TPSA) is 91.6 Å². The van der Waals surface area contributed by atoms with Crippen LogP contribution >= 0.6 is 0 Å². The number of carbonyl (C=O) groups excluding carboxylic acids is 1. The Balaban J connectivity index is 1.43. The fourth-order valence-electron chi connectivity index (χ4n) is 3.25. The third-order valence-corrected chi connectivity index (χ3v) is 5.65. The molecule has 144 valence electrons. The Morgan fingerprint density at radius 1 is 1.11 bits per heavy atom. The summed E-state index contributed by atoms with van der Waals surface area (Å²) < 4.78 is 19.8. The first-order valence-corrected chi connectivity index (χ1v) is 9.98. The zero-order valence-electron chi connectivity index (χ0n) is 15.5. The first-order chi connectivity index (χ1) is 13.3. The molecule has 3 N–H and O–H groups in total. The lowest BCUT2D eigenvalue weighted by molar-refractivity contribution is 0.0779. The molecule has 0 radical (unpaired) electrons. The Bertz CT molecular complexity index is 1080. The number of hydrogen-bond donors (Lipinski definition) is 3. The molecule has 7 heteroatoms. The number of furan rings is 1. The first-order valence-electron chi connectivity index (χ1n) is 8.83. The number of aliphatic hydroxyl groups is 1. The van der Waals surface area contributed by atoms with Crippen molar-refractivity contribution in [1.82, 2.24) is 4.72 Å². The SMILES string of the molecule is CC(C)(O)c1coc(S(=O)NC(=O)Nc2ccc3c(c2)Cc2ccccc2-3)c1. The summed E-state index contributed by atoms with van der Waals surface area (Å²) in [6.45, 7) is 3.19. The molecule has 6 nitrogen and oxygen atoms in total. The lowest BCUT2D eigenvalue weighted by Crippen LogP contribution is -2.30. The third-order valence-electron chi connectivity index (χ3n) is 4.70. The molecule has 0 spiro atoms. The standard InChI is InChI=1S/C21H20N2O4S/c1-21(2,25)15-11-19(27-12-15)28(26)23-20(24)22-16-7-8-18-14(10-16)9-13-5-3-4-6-17(13)18/h3-8,10-12,25H,9H2,1-2H3,(H2,22,23,24). The van der Waals surface area contributed by atoms with Gasteiger partial charge in [0.15, 0.2) is 11.0 Å². The van der Waals surface area contributed by atoms with Gasteiger partial charge < -0.3 is 14.8 Å². The van der Waals surface area contributed by atoms with E-state index in [-0.39, 0.29) is 5.09 Å². The Morgan fingerprint density at radius 2 is 1.86 bits per heavy atom. The molecular formula is C21H20N2O4S. The van der Waals surface area contributed by atoms with Gasteiger partial charge >= 0.3 is 6.03 Å². The number of fused-ring (bicyclic) bond motifs is 3. The zero-order valence-corrected chi connectivity index (χ0v) is 16.3. The fourth-order valence-corrected chi connectivity index (χ4v) is 3.94. The van der Waals surface area contributed by atoms with E-state index in [9.17, 15) is 14.1 Å². The van der Waals surface area contributed by atoms with Gasteiger partial charge in [0.2, 0.25) is 5.09 Å². The molecule has 2 amide bonds. The van der Waals surface area contributed by atoms with Crippen LogP contribution in [0, 0.1) is 0 Å². The molecule has 1 aromatic heterocycles. The van der Waals surface area contributed by atoms with Crippen LogP contribution in [-0.2, 0) is 23.0 Å². The fraction of sp³-hybridized carbons (Fsp3) is 0.190. The van der Waals surface area contributed by atoms with Gasteiger partial charge in [-0.3, -0.25) is 0 Å². The number of nitrogens with one attached hydrogen (secondary N) is 2. The molecule has 3 aromatic rings. The van der Waals surface area contributed by atoms with Crippen molar-refractivity contribution in [2.24, 2.45) is 0 Å². The molecule has 0 saturated heterocycles. The Hall–Kier alpha value is -2.90. The van der Waals surface area contributed by atoms with Crippen LogP contribution in [0.1, 0.15) is 30.5 Å². The van der Waals surface area contributed by atoms with Gasteiger partial charge in [-0.2, -0.15) is 0 Å². The Labute approximate surface area is 165 Å². The van der Waals surface area contributed by atoms with Crippen LogP contribution in [0.15, 0.2) is 64.3 Å². The second kappa shape index (κ2) is 6.92. The lowest BCUT2D eigenvalue weighted by atomic mass is 10.0. The maximum Gasteiger partial charge on any atom is 0.331 e. The zero-order chi connectivity index (χ0) is 19.9. The molecule has 0 saturated carbocycles. The summed E-state index contributed by atoms with van der Waals surface area (Å²) in [5.74, 6) is 0. The van der Waals surface area contributed by atoms with E-state index in [1.54, 1.807) is 13.8 Å². The first kappa shape index (κ1) is 18.5. The van der Waals surface area contributed by atoms with Gasteiger partial charge in [-0.15, -0.1) is 0 Å². The molecule has 1 aliphatic rings. The molecule has 4 rings (SSSR count). The van der Waals surface area contributed by atoms with Gasteiger partial charge in [-0.25, -0.2) is 13.7 Å². The lowest BCUT2D eigenvalue weighted by Gasteiger charge is -2.13. The van der Waals surface area contributed by atoms with Crippen molar-refractivity contribution in [3.8, 4) is 11.1 Å².